The van der Waals surface area contributed by atoms with Crippen LogP contribution >= 0.6 is 0 Å². The lowest BCUT2D eigenvalue weighted by molar-refractivity contribution is -0.193. The standard InChI is InChI=1S/C24H34N6O2.2C2HF3O2/c1-28-15-21-26-27-22(23(31)25-19-6-4-3-5-7-19)30(21)17-24(28)12-13-29(16-24)14-18-8-10-20(32-2)11-9-18;2*3-2(4,5)1(6)7/h8-11,19H,3-7,12-17H2,1-2H3,(H,25,31);2*(H,6,7). The van der Waals surface area contributed by atoms with Gasteiger partial charge in [-0.2, -0.15) is 26.3 Å². The second-order valence-electron chi connectivity index (χ2n) is 11.3. The number of hydrogen-bond acceptors (Lipinski definition) is 8. The second-order valence-corrected chi connectivity index (χ2v) is 11.3. The zero-order chi connectivity index (χ0) is 34.3. The molecule has 1 aromatic heterocycles. The zero-order valence-corrected chi connectivity index (χ0v) is 25.2. The summed E-state index contributed by atoms with van der Waals surface area (Å²) in [6, 6.07) is 8.60. The van der Waals surface area contributed by atoms with Crippen LogP contribution in [0.15, 0.2) is 24.3 Å². The van der Waals surface area contributed by atoms with Crippen LogP contribution in [0.2, 0.25) is 0 Å². The highest BCUT2D eigenvalue weighted by Crippen LogP contribution is 2.35. The first kappa shape index (κ1) is 36.5. The number of nitrogens with one attached hydrogen (secondary N) is 1. The van der Waals surface area contributed by atoms with E-state index in [1.54, 1.807) is 7.11 Å². The van der Waals surface area contributed by atoms with Crippen LogP contribution in [0.25, 0.3) is 0 Å². The molecule has 1 aliphatic carbocycles. The maximum absolute atomic E-state index is 13.0. The number of carbonyl (C=O) groups excluding carboxylic acids is 1. The summed E-state index contributed by atoms with van der Waals surface area (Å²) < 4.78 is 70.8. The number of halogens is 6. The Bertz CT molecular complexity index is 1320. The lowest BCUT2D eigenvalue weighted by Gasteiger charge is -2.43. The van der Waals surface area contributed by atoms with Crippen LogP contribution in [0, 0.1) is 0 Å². The van der Waals surface area contributed by atoms with Crippen LogP contribution in [0.1, 0.15) is 60.5 Å². The molecule has 3 aliphatic rings. The van der Waals surface area contributed by atoms with Crippen molar-refractivity contribution >= 4 is 17.8 Å². The van der Waals surface area contributed by atoms with Gasteiger partial charge >= 0.3 is 24.3 Å². The van der Waals surface area contributed by atoms with Gasteiger partial charge in [0.1, 0.15) is 11.6 Å². The molecule has 3 N–H and O–H groups in total. The van der Waals surface area contributed by atoms with E-state index < -0.39 is 24.3 Å². The largest absolute Gasteiger partial charge is 0.497 e. The molecule has 0 bridgehead atoms. The lowest BCUT2D eigenvalue weighted by Crippen LogP contribution is -2.55. The Balaban J connectivity index is 0.000000345. The molecule has 1 atom stereocenters. The molecule has 0 radical (unpaired) electrons. The van der Waals surface area contributed by atoms with Gasteiger partial charge in [-0.15, -0.1) is 10.2 Å². The van der Waals surface area contributed by atoms with Crippen molar-refractivity contribution in [1.29, 1.82) is 0 Å². The van der Waals surface area contributed by atoms with Crippen molar-refractivity contribution in [3.05, 3.63) is 41.5 Å². The predicted octanol–water partition coefficient (Wildman–Crippen LogP) is 3.71. The van der Waals surface area contributed by atoms with Gasteiger partial charge < -0.3 is 24.8 Å². The molecule has 2 aromatic rings. The van der Waals surface area contributed by atoms with Crippen LogP contribution < -0.4 is 10.1 Å². The zero-order valence-electron chi connectivity index (χ0n) is 25.2. The average molecular weight is 667 g/mol. The lowest BCUT2D eigenvalue weighted by atomic mass is 9.94. The molecule has 1 saturated carbocycles. The monoisotopic (exact) mass is 666 g/mol. The van der Waals surface area contributed by atoms with Crippen LogP contribution in [0.5, 0.6) is 5.75 Å². The number of aliphatic carboxylic acids is 2. The Labute approximate surface area is 260 Å². The number of carboxylic acid groups (broad SMARTS) is 2. The van der Waals surface area contributed by atoms with Crippen molar-refractivity contribution < 1.29 is 55.7 Å². The number of hydrogen-bond donors (Lipinski definition) is 3. The molecule has 3 heterocycles. The molecule has 12 nitrogen and oxygen atoms in total. The van der Waals surface area contributed by atoms with Gasteiger partial charge in [0, 0.05) is 32.2 Å². The molecule has 256 valence electrons. The van der Waals surface area contributed by atoms with E-state index >= 15 is 0 Å². The van der Waals surface area contributed by atoms with E-state index in [0.717, 1.165) is 63.6 Å². The topological polar surface area (TPSA) is 150 Å². The van der Waals surface area contributed by atoms with E-state index in [-0.39, 0.29) is 17.5 Å². The summed E-state index contributed by atoms with van der Waals surface area (Å²) >= 11 is 0. The quantitative estimate of drug-likeness (QED) is 0.403. The van der Waals surface area contributed by atoms with Gasteiger partial charge in [0.25, 0.3) is 5.91 Å². The summed E-state index contributed by atoms with van der Waals surface area (Å²) in [7, 11) is 3.87. The van der Waals surface area contributed by atoms with Crippen LogP contribution in [-0.2, 0) is 29.2 Å². The Hall–Kier alpha value is -3.93. The predicted molar refractivity (Wildman–Crippen MR) is 149 cm³/mol. The Morgan fingerprint density at radius 2 is 1.52 bits per heavy atom. The highest BCUT2D eigenvalue weighted by molar-refractivity contribution is 5.91. The first-order chi connectivity index (χ1) is 21.4. The number of benzene rings is 1. The number of likely N-dealkylation sites (N-methyl/N-ethyl adjacent to an activating group) is 1. The highest BCUT2D eigenvalue weighted by atomic mass is 19.4. The maximum Gasteiger partial charge on any atom is 0.490 e. The average Bonchev–Trinajstić information content (AvgIpc) is 3.58. The second kappa shape index (κ2) is 15.1. The van der Waals surface area contributed by atoms with Crippen molar-refractivity contribution in [3.63, 3.8) is 0 Å². The molecule has 2 aliphatic heterocycles. The van der Waals surface area contributed by atoms with Crippen molar-refractivity contribution in [2.24, 2.45) is 0 Å². The van der Waals surface area contributed by atoms with Crippen molar-refractivity contribution in [3.8, 4) is 5.75 Å². The van der Waals surface area contributed by atoms with E-state index in [2.05, 4.69) is 49.1 Å². The number of nitrogens with zero attached hydrogens (tertiary/aromatic N) is 5. The molecule has 5 rings (SSSR count). The van der Waals surface area contributed by atoms with E-state index in [4.69, 9.17) is 24.5 Å². The van der Waals surface area contributed by atoms with Crippen LogP contribution in [-0.4, -0.2) is 104 Å². The van der Waals surface area contributed by atoms with Gasteiger partial charge in [0.05, 0.1) is 19.2 Å². The molecular weight excluding hydrogens is 630 g/mol. The number of amides is 1. The summed E-state index contributed by atoms with van der Waals surface area (Å²) in [5.74, 6) is -3.33. The highest BCUT2D eigenvalue weighted by Gasteiger charge is 2.46. The summed E-state index contributed by atoms with van der Waals surface area (Å²) in [5, 5.41) is 26.1. The Morgan fingerprint density at radius 1 is 0.957 bits per heavy atom. The third-order valence-electron chi connectivity index (χ3n) is 8.07. The Morgan fingerprint density at radius 3 is 2.04 bits per heavy atom. The molecule has 46 heavy (non-hydrogen) atoms. The first-order valence-electron chi connectivity index (χ1n) is 14.3. The van der Waals surface area contributed by atoms with Gasteiger partial charge in [-0.05, 0) is 44.0 Å². The van der Waals surface area contributed by atoms with Crippen molar-refractivity contribution in [2.75, 3.05) is 27.2 Å². The van der Waals surface area contributed by atoms with Crippen LogP contribution in [0.4, 0.5) is 26.3 Å². The van der Waals surface area contributed by atoms with Gasteiger partial charge in [-0.25, -0.2) is 9.59 Å². The fourth-order valence-electron chi connectivity index (χ4n) is 5.58. The Kier molecular flexibility index (Phi) is 12.0. The number of carboxylic acids is 2. The fourth-order valence-corrected chi connectivity index (χ4v) is 5.58. The third kappa shape index (κ3) is 9.78. The number of methoxy groups -OCH3 is 1. The fraction of sp³-hybridized carbons (Fsp3) is 0.607. The summed E-state index contributed by atoms with van der Waals surface area (Å²) in [6.07, 6.45) is -3.29. The van der Waals surface area contributed by atoms with Crippen LogP contribution in [0.3, 0.4) is 0 Å². The number of aromatic nitrogens is 3. The third-order valence-corrected chi connectivity index (χ3v) is 8.07. The van der Waals surface area contributed by atoms with E-state index in [9.17, 15) is 31.1 Å². The minimum Gasteiger partial charge on any atom is -0.497 e. The van der Waals surface area contributed by atoms with Crippen molar-refractivity contribution in [1.82, 2.24) is 29.9 Å². The molecule has 1 unspecified atom stereocenters. The summed E-state index contributed by atoms with van der Waals surface area (Å²) in [4.78, 5) is 35.7. The molecular formula is C28H36F6N6O6. The number of ether oxygens (including phenoxy) is 1. The normalized spacial score (nSPS) is 20.5. The molecule has 1 aromatic carbocycles. The van der Waals surface area contributed by atoms with E-state index in [0.29, 0.717) is 5.82 Å². The molecule has 1 spiro atoms. The van der Waals surface area contributed by atoms with Gasteiger partial charge in [0.15, 0.2) is 0 Å². The van der Waals surface area contributed by atoms with Gasteiger partial charge in [-0.3, -0.25) is 14.6 Å². The number of fused-ring (bicyclic) bond motifs is 1. The maximum atomic E-state index is 13.0. The van der Waals surface area contributed by atoms with Gasteiger partial charge in [-0.1, -0.05) is 31.4 Å². The van der Waals surface area contributed by atoms with Crippen molar-refractivity contribution in [2.45, 2.75) is 82.1 Å². The molecule has 1 amide bonds. The molecule has 1 saturated heterocycles. The number of alkyl halides is 6. The minimum atomic E-state index is -5.08. The minimum absolute atomic E-state index is 0.00171. The van der Waals surface area contributed by atoms with E-state index in [1.165, 1.54) is 24.8 Å². The number of rotatable bonds is 5. The van der Waals surface area contributed by atoms with Gasteiger partial charge in [0.2, 0.25) is 5.82 Å². The smallest absolute Gasteiger partial charge is 0.490 e. The summed E-state index contributed by atoms with van der Waals surface area (Å²) in [6.45, 7) is 4.41. The molecule has 18 heteroatoms. The SMILES string of the molecule is COc1ccc(CN2CCC3(C2)Cn2c(nnc2C(=O)NC2CCCCC2)CN3C)cc1.O=C(O)C(F)(F)F.O=C(O)C(F)(F)F. The molecule has 2 fully saturated rings. The number of likely N-dealkylation sites (tertiary alicyclic amines) is 1. The summed E-state index contributed by atoms with van der Waals surface area (Å²) in [5.41, 5.74) is 1.29. The van der Waals surface area contributed by atoms with E-state index in [1.807, 2.05) is 12.1 Å². The first-order valence-corrected chi connectivity index (χ1v) is 14.3. The number of carbonyl (C=O) groups is 3.